The Kier molecular flexibility index (Phi) is 5.79. The predicted octanol–water partition coefficient (Wildman–Crippen LogP) is 4.31. The first-order valence-electron chi connectivity index (χ1n) is 10.5. The fourth-order valence-corrected chi connectivity index (χ4v) is 5.29. The van der Waals surface area contributed by atoms with E-state index in [2.05, 4.69) is 24.5 Å². The molecule has 1 fully saturated rings. The van der Waals surface area contributed by atoms with E-state index in [0.717, 1.165) is 45.6 Å². The van der Waals surface area contributed by atoms with Crippen LogP contribution in [0.1, 0.15) is 48.0 Å². The number of aryl methyl sites for hydroxylation is 1. The number of benzene rings is 1. The van der Waals surface area contributed by atoms with Gasteiger partial charge in [-0.25, -0.2) is 0 Å². The molecule has 4 rings (SSSR count). The fraction of sp³-hybridized carbons (Fsp3) is 0.375. The summed E-state index contributed by atoms with van der Waals surface area (Å²) in [6.45, 7) is 9.18. The Balaban J connectivity index is 1.49. The van der Waals surface area contributed by atoms with Crippen molar-refractivity contribution < 1.29 is 14.4 Å². The highest BCUT2D eigenvalue weighted by atomic mass is 32.2. The first-order chi connectivity index (χ1) is 14.8. The molecule has 0 aliphatic carbocycles. The number of carbonyl (C=O) groups excluding carboxylic acids is 3. The van der Waals surface area contributed by atoms with Crippen LogP contribution in [-0.2, 0) is 22.6 Å². The molecule has 0 atom stereocenters. The summed E-state index contributed by atoms with van der Waals surface area (Å²) in [5.41, 5.74) is 5.47. The Morgan fingerprint density at radius 3 is 2.55 bits per heavy atom. The molecular formula is C24H27N3O3S. The molecule has 0 unspecified atom stereocenters. The Morgan fingerprint density at radius 1 is 1.16 bits per heavy atom. The first kappa shape index (κ1) is 21.4. The molecule has 0 bridgehead atoms. The normalized spacial score (nSPS) is 17.8. The van der Waals surface area contributed by atoms with Crippen LogP contribution in [0.25, 0.3) is 6.08 Å². The van der Waals surface area contributed by atoms with Gasteiger partial charge in [0.15, 0.2) is 0 Å². The highest BCUT2D eigenvalue weighted by molar-refractivity contribution is 8.18. The summed E-state index contributed by atoms with van der Waals surface area (Å²) in [7, 11) is 0. The maximum Gasteiger partial charge on any atom is 0.294 e. The third-order valence-corrected chi connectivity index (χ3v) is 6.88. The zero-order valence-electron chi connectivity index (χ0n) is 18.3. The summed E-state index contributed by atoms with van der Waals surface area (Å²) in [5, 5.41) is -0.389. The molecule has 162 valence electrons. The van der Waals surface area contributed by atoms with E-state index in [1.54, 1.807) is 11.0 Å². The highest BCUT2D eigenvalue weighted by Gasteiger charge is 2.37. The van der Waals surface area contributed by atoms with Gasteiger partial charge in [-0.2, -0.15) is 0 Å². The Hall–Kier alpha value is -2.80. The molecule has 1 aromatic heterocycles. The highest BCUT2D eigenvalue weighted by Crippen LogP contribution is 2.34. The average molecular weight is 438 g/mol. The van der Waals surface area contributed by atoms with E-state index in [9.17, 15) is 14.4 Å². The molecule has 1 saturated heterocycles. The van der Waals surface area contributed by atoms with Crippen LogP contribution in [0.3, 0.4) is 0 Å². The maximum atomic E-state index is 12.9. The molecule has 6 nitrogen and oxygen atoms in total. The lowest BCUT2D eigenvalue weighted by Crippen LogP contribution is -2.44. The van der Waals surface area contributed by atoms with Gasteiger partial charge in [0.25, 0.3) is 11.1 Å². The van der Waals surface area contributed by atoms with Crippen LogP contribution in [0.5, 0.6) is 0 Å². The standard InChI is InChI=1S/C24H27N3O3S/c1-15(2)27-16(3)11-20(17(27)4)12-21-23(29)26(24(30)31-21)14-22(28)25-10-9-18-7-5-6-8-19(18)13-25/h5-8,11-12,15H,9-10,13-14H2,1-4H3/b21-12-. The molecule has 0 spiro atoms. The van der Waals surface area contributed by atoms with Crippen LogP contribution >= 0.6 is 11.8 Å². The lowest BCUT2D eigenvalue weighted by molar-refractivity contribution is -0.136. The van der Waals surface area contributed by atoms with E-state index in [0.29, 0.717) is 24.0 Å². The Labute approximate surface area is 186 Å². The minimum Gasteiger partial charge on any atom is -0.346 e. The van der Waals surface area contributed by atoms with Gasteiger partial charge in [0.1, 0.15) is 6.54 Å². The van der Waals surface area contributed by atoms with Gasteiger partial charge in [0.05, 0.1) is 4.91 Å². The first-order valence-corrected chi connectivity index (χ1v) is 11.4. The van der Waals surface area contributed by atoms with Crippen molar-refractivity contribution in [1.29, 1.82) is 0 Å². The Bertz CT molecular complexity index is 1100. The van der Waals surface area contributed by atoms with Crippen molar-refractivity contribution in [2.45, 2.75) is 46.7 Å². The zero-order valence-corrected chi connectivity index (χ0v) is 19.2. The molecule has 2 aromatic rings. The van der Waals surface area contributed by atoms with Crippen molar-refractivity contribution in [3.63, 3.8) is 0 Å². The minimum absolute atomic E-state index is 0.198. The van der Waals surface area contributed by atoms with Gasteiger partial charge in [-0.05, 0) is 74.7 Å². The van der Waals surface area contributed by atoms with Crippen LogP contribution in [0.4, 0.5) is 4.79 Å². The van der Waals surface area contributed by atoms with Crippen LogP contribution in [0, 0.1) is 13.8 Å². The number of thioether (sulfide) groups is 1. The molecule has 7 heteroatoms. The fourth-order valence-electron chi connectivity index (χ4n) is 4.46. The summed E-state index contributed by atoms with van der Waals surface area (Å²) in [5.74, 6) is -0.592. The van der Waals surface area contributed by atoms with Gasteiger partial charge in [0.2, 0.25) is 5.91 Å². The number of amides is 3. The van der Waals surface area contributed by atoms with Gasteiger partial charge in [-0.15, -0.1) is 0 Å². The lowest BCUT2D eigenvalue weighted by Gasteiger charge is -2.29. The second kappa shape index (κ2) is 8.38. The van der Waals surface area contributed by atoms with Crippen molar-refractivity contribution >= 4 is 34.9 Å². The van der Waals surface area contributed by atoms with E-state index >= 15 is 0 Å². The van der Waals surface area contributed by atoms with Crippen molar-refractivity contribution in [3.05, 3.63) is 63.3 Å². The van der Waals surface area contributed by atoms with Gasteiger partial charge < -0.3 is 9.47 Å². The van der Waals surface area contributed by atoms with E-state index in [-0.39, 0.29) is 17.7 Å². The van der Waals surface area contributed by atoms with E-state index < -0.39 is 5.91 Å². The molecule has 0 saturated carbocycles. The lowest BCUT2D eigenvalue weighted by atomic mass is 10.00. The summed E-state index contributed by atoms with van der Waals surface area (Å²) < 4.78 is 2.20. The van der Waals surface area contributed by atoms with Crippen LogP contribution in [0.2, 0.25) is 0 Å². The predicted molar refractivity (Wildman–Crippen MR) is 123 cm³/mol. The molecular weight excluding hydrogens is 410 g/mol. The largest absolute Gasteiger partial charge is 0.346 e. The van der Waals surface area contributed by atoms with Gasteiger partial charge in [-0.3, -0.25) is 19.3 Å². The number of carbonyl (C=O) groups is 3. The third kappa shape index (κ3) is 4.06. The molecule has 3 heterocycles. The topological polar surface area (TPSA) is 62.6 Å². The molecule has 2 aliphatic rings. The van der Waals surface area contributed by atoms with E-state index in [1.165, 1.54) is 5.56 Å². The molecule has 2 aliphatic heterocycles. The Morgan fingerprint density at radius 2 is 1.87 bits per heavy atom. The summed E-state index contributed by atoms with van der Waals surface area (Å²) >= 11 is 0.905. The van der Waals surface area contributed by atoms with Crippen molar-refractivity contribution in [2.75, 3.05) is 13.1 Å². The average Bonchev–Trinajstić information content (AvgIpc) is 3.16. The van der Waals surface area contributed by atoms with Crippen molar-refractivity contribution in [2.24, 2.45) is 0 Å². The monoisotopic (exact) mass is 437 g/mol. The van der Waals surface area contributed by atoms with E-state index in [1.807, 2.05) is 38.1 Å². The number of nitrogens with zero attached hydrogens (tertiary/aromatic N) is 3. The minimum atomic E-state index is -0.393. The number of rotatable bonds is 4. The SMILES string of the molecule is Cc1cc(/C=C2\SC(=O)N(CC(=O)N3CCc4ccccc4C3)C2=O)c(C)n1C(C)C. The van der Waals surface area contributed by atoms with Gasteiger partial charge in [-0.1, -0.05) is 24.3 Å². The second-order valence-electron chi connectivity index (χ2n) is 8.39. The number of fused-ring (bicyclic) bond motifs is 1. The van der Waals surface area contributed by atoms with Crippen LogP contribution < -0.4 is 0 Å². The molecule has 1 aromatic carbocycles. The maximum absolute atomic E-state index is 12.9. The smallest absolute Gasteiger partial charge is 0.294 e. The number of hydrogen-bond donors (Lipinski definition) is 0. The van der Waals surface area contributed by atoms with E-state index in [4.69, 9.17) is 0 Å². The number of hydrogen-bond acceptors (Lipinski definition) is 4. The van der Waals surface area contributed by atoms with Crippen LogP contribution in [0.15, 0.2) is 35.2 Å². The molecule has 0 radical (unpaired) electrons. The van der Waals surface area contributed by atoms with Crippen molar-refractivity contribution in [1.82, 2.24) is 14.4 Å². The van der Waals surface area contributed by atoms with Crippen LogP contribution in [-0.4, -0.2) is 44.5 Å². The summed E-state index contributed by atoms with van der Waals surface area (Å²) in [6.07, 6.45) is 2.56. The molecule has 31 heavy (non-hydrogen) atoms. The van der Waals surface area contributed by atoms with Gasteiger partial charge >= 0.3 is 0 Å². The second-order valence-corrected chi connectivity index (χ2v) is 9.39. The summed E-state index contributed by atoms with van der Waals surface area (Å²) in [6, 6.07) is 10.4. The third-order valence-electron chi connectivity index (χ3n) is 5.98. The molecule has 0 N–H and O–H groups in total. The number of imide groups is 1. The van der Waals surface area contributed by atoms with Gasteiger partial charge in [0, 0.05) is 30.5 Å². The zero-order chi connectivity index (χ0) is 22.3. The summed E-state index contributed by atoms with van der Waals surface area (Å²) in [4.78, 5) is 41.4. The molecule has 3 amide bonds. The quantitative estimate of drug-likeness (QED) is 0.669. The number of aromatic nitrogens is 1. The van der Waals surface area contributed by atoms with Crippen molar-refractivity contribution in [3.8, 4) is 0 Å².